The summed E-state index contributed by atoms with van der Waals surface area (Å²) in [5, 5.41) is 3.76. The van der Waals surface area contributed by atoms with Gasteiger partial charge in [0.1, 0.15) is 0 Å². The number of aromatic nitrogens is 1. The first kappa shape index (κ1) is 27.2. The molecule has 0 aliphatic carbocycles. The highest BCUT2D eigenvalue weighted by molar-refractivity contribution is 5.96. The molecule has 0 atom stereocenters. The van der Waals surface area contributed by atoms with E-state index in [-0.39, 0.29) is 30.3 Å². The van der Waals surface area contributed by atoms with Crippen LogP contribution >= 0.6 is 24.8 Å². The Balaban J connectivity index is 0.00000261. The van der Waals surface area contributed by atoms with Crippen molar-refractivity contribution in [3.63, 3.8) is 0 Å². The van der Waals surface area contributed by atoms with Gasteiger partial charge in [-0.15, -0.1) is 24.8 Å². The van der Waals surface area contributed by atoms with Crippen molar-refractivity contribution in [3.8, 4) is 11.1 Å². The maximum atomic E-state index is 2.45. The molecule has 7 heteroatoms. The Morgan fingerprint density at radius 1 is 0.690 bits per heavy atom. The summed E-state index contributed by atoms with van der Waals surface area (Å²) < 4.78 is 2.35. The van der Waals surface area contributed by atoms with Gasteiger partial charge in [-0.05, 0) is 39.8 Å². The summed E-state index contributed by atoms with van der Waals surface area (Å²) in [5.41, 5.74) is 3.83. The van der Waals surface area contributed by atoms with Crippen molar-refractivity contribution in [2.75, 3.05) is 59.4 Å². The van der Waals surface area contributed by atoms with Crippen LogP contribution in [0.4, 0.5) is 0 Å². The van der Waals surface area contributed by atoms with E-state index in [0.29, 0.717) is 0 Å². The van der Waals surface area contributed by atoms with Crippen LogP contribution in [0.15, 0.2) is 60.8 Å². The van der Waals surface area contributed by atoms with Crippen LogP contribution in [0.2, 0.25) is 0 Å². The van der Waals surface area contributed by atoms with E-state index < -0.39 is 0 Å². The van der Waals surface area contributed by atoms with Crippen LogP contribution in [-0.4, -0.2) is 74.3 Å². The predicted octanol–water partition coefficient (Wildman–Crippen LogP) is 3.39. The van der Waals surface area contributed by atoms with Crippen LogP contribution in [0.3, 0.4) is 0 Å². The van der Waals surface area contributed by atoms with E-state index >= 15 is 0 Å². The van der Waals surface area contributed by atoms with E-state index in [0.717, 1.165) is 26.2 Å². The Bertz CT molecular complexity index is 825. The van der Waals surface area contributed by atoms with Crippen LogP contribution < -0.4 is 5.01 Å². The Kier molecular flexibility index (Phi) is 12.0. The molecular weight excluding hydrogens is 407 g/mol. The molecule has 0 saturated carbocycles. The van der Waals surface area contributed by atoms with Crippen LogP contribution in [0.1, 0.15) is 0 Å². The summed E-state index contributed by atoms with van der Waals surface area (Å²) in [7, 11) is 8.53. The minimum Gasteiger partial charge on any atom is -0.412 e. The second-order valence-electron chi connectivity index (χ2n) is 7.33. The minimum absolute atomic E-state index is 0. The number of hydrogen-bond acceptors (Lipinski definition) is 3. The predicted molar refractivity (Wildman–Crippen MR) is 131 cm³/mol. The van der Waals surface area contributed by atoms with Gasteiger partial charge in [-0.3, -0.25) is 4.68 Å². The smallest absolute Gasteiger partial charge is 0.0701 e. The standard InChI is InChI=1S/C22H30N4.2ClH.H2O/c1-23(2)14-16-25(17-15-24(3)4)26-18-21(19-10-6-5-7-11-19)20-12-8-9-13-22(20)26;;;/h5-13,18H,14-17H2,1-4H3;2*1H;1H2. The summed E-state index contributed by atoms with van der Waals surface area (Å²) in [4.78, 5) is 4.49. The quantitative estimate of drug-likeness (QED) is 0.539. The molecule has 2 N–H and O–H groups in total. The first-order valence-corrected chi connectivity index (χ1v) is 9.26. The van der Waals surface area contributed by atoms with Gasteiger partial charge in [0.2, 0.25) is 0 Å². The molecule has 1 heterocycles. The molecule has 0 unspecified atom stereocenters. The number of para-hydroxylation sites is 1. The highest BCUT2D eigenvalue weighted by Crippen LogP contribution is 2.30. The molecule has 0 amide bonds. The van der Waals surface area contributed by atoms with Gasteiger partial charge < -0.3 is 20.3 Å². The van der Waals surface area contributed by atoms with Gasteiger partial charge >= 0.3 is 0 Å². The van der Waals surface area contributed by atoms with Crippen LogP contribution in [0.25, 0.3) is 22.0 Å². The van der Waals surface area contributed by atoms with Gasteiger partial charge in [0.05, 0.1) is 5.52 Å². The average Bonchev–Trinajstić information content (AvgIpc) is 3.02. The molecule has 0 bridgehead atoms. The number of fused-ring (bicyclic) bond motifs is 1. The first-order valence-electron chi connectivity index (χ1n) is 9.26. The lowest BCUT2D eigenvalue weighted by Crippen LogP contribution is -2.43. The third-order valence-electron chi connectivity index (χ3n) is 4.69. The molecular formula is C22H34Cl2N4O. The Labute approximate surface area is 187 Å². The number of nitrogens with zero attached hydrogens (tertiary/aromatic N) is 4. The van der Waals surface area contributed by atoms with Crippen molar-refractivity contribution in [2.45, 2.75) is 0 Å². The van der Waals surface area contributed by atoms with Gasteiger partial charge in [-0.1, -0.05) is 48.5 Å². The third kappa shape index (κ3) is 6.91. The molecule has 2 aromatic carbocycles. The highest BCUT2D eigenvalue weighted by atomic mass is 35.5. The van der Waals surface area contributed by atoms with Crippen LogP contribution in [0, 0.1) is 0 Å². The topological polar surface area (TPSA) is 46.1 Å². The zero-order valence-corrected chi connectivity index (χ0v) is 19.3. The molecule has 3 rings (SSSR count). The van der Waals surface area contributed by atoms with Crippen molar-refractivity contribution in [1.82, 2.24) is 14.5 Å². The lowest BCUT2D eigenvalue weighted by atomic mass is 10.1. The van der Waals surface area contributed by atoms with Gasteiger partial charge in [0.15, 0.2) is 0 Å². The second-order valence-corrected chi connectivity index (χ2v) is 7.33. The Morgan fingerprint density at radius 3 is 1.76 bits per heavy atom. The third-order valence-corrected chi connectivity index (χ3v) is 4.69. The zero-order chi connectivity index (χ0) is 18.5. The molecule has 0 spiro atoms. The summed E-state index contributed by atoms with van der Waals surface area (Å²) in [6, 6.07) is 19.4. The van der Waals surface area contributed by atoms with Crippen molar-refractivity contribution in [2.24, 2.45) is 0 Å². The SMILES string of the molecule is CN(C)CCN(CCN(C)C)n1cc(-c2ccccc2)c2ccccc21.Cl.Cl.O. The van der Waals surface area contributed by atoms with Crippen LogP contribution in [0.5, 0.6) is 0 Å². The number of benzene rings is 2. The summed E-state index contributed by atoms with van der Waals surface area (Å²) in [5.74, 6) is 0. The van der Waals surface area contributed by atoms with Gasteiger partial charge in [0, 0.05) is 43.3 Å². The maximum Gasteiger partial charge on any atom is 0.0701 e. The summed E-state index contributed by atoms with van der Waals surface area (Å²) in [6.45, 7) is 4.04. The fourth-order valence-corrected chi connectivity index (χ4v) is 3.20. The van der Waals surface area contributed by atoms with Crippen molar-refractivity contribution < 1.29 is 5.48 Å². The number of likely N-dealkylation sites (N-methyl/N-ethyl adjacent to an activating group) is 2. The molecule has 1 aromatic heterocycles. The van der Waals surface area contributed by atoms with Gasteiger partial charge in [-0.25, -0.2) is 0 Å². The first-order chi connectivity index (χ1) is 12.6. The number of rotatable bonds is 8. The molecule has 3 aromatic rings. The van der Waals surface area contributed by atoms with Crippen molar-refractivity contribution in [3.05, 3.63) is 60.8 Å². The molecule has 162 valence electrons. The summed E-state index contributed by atoms with van der Waals surface area (Å²) >= 11 is 0. The largest absolute Gasteiger partial charge is 0.412 e. The fourth-order valence-electron chi connectivity index (χ4n) is 3.20. The average molecular weight is 441 g/mol. The summed E-state index contributed by atoms with van der Waals surface area (Å²) in [6.07, 6.45) is 2.30. The lowest BCUT2D eigenvalue weighted by Gasteiger charge is -2.29. The molecule has 0 radical (unpaired) electrons. The Morgan fingerprint density at radius 2 is 1.21 bits per heavy atom. The molecule has 0 aliphatic rings. The maximum absolute atomic E-state index is 2.45. The monoisotopic (exact) mass is 440 g/mol. The van der Waals surface area contributed by atoms with E-state index in [1.807, 2.05) is 0 Å². The van der Waals surface area contributed by atoms with Gasteiger partial charge in [-0.2, -0.15) is 0 Å². The van der Waals surface area contributed by atoms with E-state index in [2.05, 4.69) is 108 Å². The van der Waals surface area contributed by atoms with E-state index in [9.17, 15) is 0 Å². The van der Waals surface area contributed by atoms with Gasteiger partial charge in [0.25, 0.3) is 0 Å². The number of hydrogen-bond donors (Lipinski definition) is 0. The molecule has 0 aliphatic heterocycles. The Hall–Kier alpha value is -1.76. The fraction of sp³-hybridized carbons (Fsp3) is 0.364. The lowest BCUT2D eigenvalue weighted by molar-refractivity contribution is 0.368. The van der Waals surface area contributed by atoms with Crippen molar-refractivity contribution >= 4 is 35.7 Å². The molecule has 0 fully saturated rings. The highest BCUT2D eigenvalue weighted by Gasteiger charge is 2.14. The molecule has 29 heavy (non-hydrogen) atoms. The van der Waals surface area contributed by atoms with Crippen molar-refractivity contribution in [1.29, 1.82) is 0 Å². The van der Waals surface area contributed by atoms with E-state index in [4.69, 9.17) is 0 Å². The molecule has 5 nitrogen and oxygen atoms in total. The minimum atomic E-state index is 0. The second kappa shape index (κ2) is 12.7. The zero-order valence-electron chi connectivity index (χ0n) is 17.7. The van der Waals surface area contributed by atoms with Crippen LogP contribution in [-0.2, 0) is 0 Å². The van der Waals surface area contributed by atoms with E-state index in [1.165, 1.54) is 22.0 Å². The van der Waals surface area contributed by atoms with E-state index in [1.54, 1.807) is 0 Å². The number of halogens is 2. The normalized spacial score (nSPS) is 10.4. The molecule has 0 saturated heterocycles.